The van der Waals surface area contributed by atoms with Gasteiger partial charge in [0.25, 0.3) is 0 Å². The van der Waals surface area contributed by atoms with Crippen LogP contribution < -0.4 is 5.73 Å². The zero-order valence-corrected chi connectivity index (χ0v) is 12.7. The summed E-state index contributed by atoms with van der Waals surface area (Å²) in [6.45, 7) is 3.16. The van der Waals surface area contributed by atoms with Crippen molar-refractivity contribution in [2.75, 3.05) is 19.6 Å². The van der Waals surface area contributed by atoms with Crippen LogP contribution in [0.4, 0.5) is 0 Å². The minimum atomic E-state index is 0.237. The summed E-state index contributed by atoms with van der Waals surface area (Å²) < 4.78 is 1.01. The van der Waals surface area contributed by atoms with Crippen molar-refractivity contribution in [2.45, 2.75) is 31.7 Å². The van der Waals surface area contributed by atoms with Crippen molar-refractivity contribution in [2.24, 2.45) is 5.73 Å². The first-order valence-electron chi connectivity index (χ1n) is 6.92. The molecule has 0 aliphatic carbocycles. The Hall–Kier alpha value is -0.710. The molecule has 1 aromatic rings. The van der Waals surface area contributed by atoms with Gasteiger partial charge in [0.1, 0.15) is 0 Å². The lowest BCUT2D eigenvalue weighted by molar-refractivity contribution is 0.0972. The molecule has 3 nitrogen and oxygen atoms in total. The third kappa shape index (κ3) is 4.71. The molecule has 0 unspecified atom stereocenters. The smallest absolute Gasteiger partial charge is 0.162 e. The summed E-state index contributed by atoms with van der Waals surface area (Å²) >= 11 is 3.38. The second kappa shape index (κ2) is 7.17. The van der Waals surface area contributed by atoms with Crippen LogP contribution in [0, 0.1) is 0 Å². The number of carbonyl (C=O) groups is 1. The first-order valence-corrected chi connectivity index (χ1v) is 7.71. The van der Waals surface area contributed by atoms with Crippen LogP contribution >= 0.6 is 15.9 Å². The van der Waals surface area contributed by atoms with Gasteiger partial charge >= 0.3 is 0 Å². The second-order valence-corrected chi connectivity index (χ2v) is 6.13. The van der Waals surface area contributed by atoms with Crippen LogP contribution in [0.1, 0.15) is 36.0 Å². The quantitative estimate of drug-likeness (QED) is 0.847. The highest BCUT2D eigenvalue weighted by atomic mass is 79.9. The van der Waals surface area contributed by atoms with Gasteiger partial charge in [-0.2, -0.15) is 0 Å². The van der Waals surface area contributed by atoms with Gasteiger partial charge < -0.3 is 10.6 Å². The maximum atomic E-state index is 12.0. The van der Waals surface area contributed by atoms with E-state index in [1.165, 1.54) is 0 Å². The predicted molar refractivity (Wildman–Crippen MR) is 81.4 cm³/mol. The van der Waals surface area contributed by atoms with Gasteiger partial charge in [0.05, 0.1) is 0 Å². The topological polar surface area (TPSA) is 46.3 Å². The number of nitrogens with zero attached hydrogens (tertiary/aromatic N) is 1. The van der Waals surface area contributed by atoms with Crippen LogP contribution in [-0.4, -0.2) is 36.4 Å². The van der Waals surface area contributed by atoms with Crippen molar-refractivity contribution in [3.8, 4) is 0 Å². The van der Waals surface area contributed by atoms with Crippen molar-refractivity contribution in [1.82, 2.24) is 4.90 Å². The molecule has 1 aliphatic heterocycles. The standard InChI is InChI=1S/C15H21BrN2O/c16-13-5-3-12(4-6-13)15(19)2-1-9-18-10-7-14(17)8-11-18/h3-6,14H,1-2,7-11,17H2. The molecule has 0 bridgehead atoms. The number of rotatable bonds is 5. The number of carbonyl (C=O) groups excluding carboxylic acids is 1. The molecule has 1 fully saturated rings. The van der Waals surface area contributed by atoms with Crippen LogP contribution in [0.25, 0.3) is 0 Å². The fraction of sp³-hybridized carbons (Fsp3) is 0.533. The molecule has 4 heteroatoms. The number of halogens is 1. The molecule has 0 radical (unpaired) electrons. The highest BCUT2D eigenvalue weighted by molar-refractivity contribution is 9.10. The van der Waals surface area contributed by atoms with Crippen molar-refractivity contribution in [1.29, 1.82) is 0 Å². The summed E-state index contributed by atoms with van der Waals surface area (Å²) in [5, 5.41) is 0. The van der Waals surface area contributed by atoms with E-state index >= 15 is 0 Å². The fourth-order valence-electron chi connectivity index (χ4n) is 2.42. The molecule has 0 saturated carbocycles. The maximum absolute atomic E-state index is 12.0. The van der Waals surface area contributed by atoms with Crippen LogP contribution in [-0.2, 0) is 0 Å². The minimum Gasteiger partial charge on any atom is -0.328 e. The fourth-order valence-corrected chi connectivity index (χ4v) is 2.68. The van der Waals surface area contributed by atoms with Gasteiger partial charge in [0.15, 0.2) is 5.78 Å². The molecule has 0 amide bonds. The summed E-state index contributed by atoms with van der Waals surface area (Å²) in [6.07, 6.45) is 3.73. The van der Waals surface area contributed by atoms with E-state index in [4.69, 9.17) is 5.73 Å². The van der Waals surface area contributed by atoms with E-state index in [2.05, 4.69) is 20.8 Å². The molecule has 1 aliphatic rings. The SMILES string of the molecule is NC1CCN(CCCC(=O)c2ccc(Br)cc2)CC1. The van der Waals surface area contributed by atoms with E-state index < -0.39 is 0 Å². The van der Waals surface area contributed by atoms with Crippen LogP contribution in [0.15, 0.2) is 28.7 Å². The van der Waals surface area contributed by atoms with Crippen molar-refractivity contribution in [3.05, 3.63) is 34.3 Å². The molecular formula is C15H21BrN2O. The van der Waals surface area contributed by atoms with E-state index in [1.807, 2.05) is 24.3 Å². The maximum Gasteiger partial charge on any atom is 0.162 e. The molecule has 1 aromatic carbocycles. The zero-order chi connectivity index (χ0) is 13.7. The van der Waals surface area contributed by atoms with E-state index in [9.17, 15) is 4.79 Å². The molecule has 19 heavy (non-hydrogen) atoms. The van der Waals surface area contributed by atoms with Gasteiger partial charge in [-0.1, -0.05) is 28.1 Å². The summed E-state index contributed by atoms with van der Waals surface area (Å²) in [6, 6.07) is 7.97. The average molecular weight is 325 g/mol. The Morgan fingerprint density at radius 3 is 2.53 bits per heavy atom. The number of likely N-dealkylation sites (tertiary alicyclic amines) is 1. The van der Waals surface area contributed by atoms with Crippen LogP contribution in [0.5, 0.6) is 0 Å². The van der Waals surface area contributed by atoms with E-state index in [-0.39, 0.29) is 5.78 Å². The third-order valence-electron chi connectivity index (χ3n) is 3.68. The Morgan fingerprint density at radius 1 is 1.26 bits per heavy atom. The van der Waals surface area contributed by atoms with Crippen molar-refractivity contribution < 1.29 is 4.79 Å². The Morgan fingerprint density at radius 2 is 1.89 bits per heavy atom. The highest BCUT2D eigenvalue weighted by Gasteiger charge is 2.15. The van der Waals surface area contributed by atoms with Crippen LogP contribution in [0.2, 0.25) is 0 Å². The van der Waals surface area contributed by atoms with E-state index in [1.54, 1.807) is 0 Å². The number of ketones is 1. The molecule has 0 aromatic heterocycles. The van der Waals surface area contributed by atoms with E-state index in [0.717, 1.165) is 48.9 Å². The number of nitrogens with two attached hydrogens (primary N) is 1. The number of hydrogen-bond donors (Lipinski definition) is 1. The lowest BCUT2D eigenvalue weighted by Crippen LogP contribution is -2.40. The second-order valence-electron chi connectivity index (χ2n) is 5.21. The molecule has 2 rings (SSSR count). The molecule has 1 saturated heterocycles. The Bertz CT molecular complexity index is 411. The first-order chi connectivity index (χ1) is 9.15. The largest absolute Gasteiger partial charge is 0.328 e. The molecule has 0 atom stereocenters. The zero-order valence-electron chi connectivity index (χ0n) is 11.1. The minimum absolute atomic E-state index is 0.237. The number of Topliss-reactive ketones (excluding diaryl/α,β-unsaturated/α-hetero) is 1. The molecule has 2 N–H and O–H groups in total. The Kier molecular flexibility index (Phi) is 5.55. The predicted octanol–water partition coefficient (Wildman–Crippen LogP) is 2.84. The Balaban J connectivity index is 1.70. The van der Waals surface area contributed by atoms with E-state index in [0.29, 0.717) is 12.5 Å². The van der Waals surface area contributed by atoms with Gasteiger partial charge in [-0.05, 0) is 51.0 Å². The Labute approximate surface area is 123 Å². The normalized spacial score (nSPS) is 17.6. The molecular weight excluding hydrogens is 304 g/mol. The van der Waals surface area contributed by atoms with Crippen LogP contribution in [0.3, 0.4) is 0 Å². The average Bonchev–Trinajstić information content (AvgIpc) is 2.41. The lowest BCUT2D eigenvalue weighted by atomic mass is 10.0. The van der Waals surface area contributed by atoms with Gasteiger partial charge in [-0.25, -0.2) is 0 Å². The monoisotopic (exact) mass is 324 g/mol. The first kappa shape index (κ1) is 14.7. The summed E-state index contributed by atoms with van der Waals surface area (Å²) in [5.41, 5.74) is 6.69. The van der Waals surface area contributed by atoms with Gasteiger partial charge in [-0.3, -0.25) is 4.79 Å². The number of hydrogen-bond acceptors (Lipinski definition) is 3. The summed E-state index contributed by atoms with van der Waals surface area (Å²) in [4.78, 5) is 14.4. The number of piperidine rings is 1. The molecule has 1 heterocycles. The highest BCUT2D eigenvalue weighted by Crippen LogP contribution is 2.13. The van der Waals surface area contributed by atoms with Gasteiger partial charge in [0, 0.05) is 22.5 Å². The van der Waals surface area contributed by atoms with Crippen molar-refractivity contribution in [3.63, 3.8) is 0 Å². The summed E-state index contributed by atoms with van der Waals surface area (Å²) in [7, 11) is 0. The molecule has 104 valence electrons. The number of benzene rings is 1. The lowest BCUT2D eigenvalue weighted by Gasteiger charge is -2.29. The van der Waals surface area contributed by atoms with Gasteiger partial charge in [-0.15, -0.1) is 0 Å². The summed E-state index contributed by atoms with van der Waals surface area (Å²) in [5.74, 6) is 0.237. The third-order valence-corrected chi connectivity index (χ3v) is 4.21. The van der Waals surface area contributed by atoms with Gasteiger partial charge in [0.2, 0.25) is 0 Å². The molecule has 0 spiro atoms. The van der Waals surface area contributed by atoms with Crippen molar-refractivity contribution >= 4 is 21.7 Å².